The van der Waals surface area contributed by atoms with Gasteiger partial charge < -0.3 is 10.2 Å². The number of aromatic hydroxyl groups is 1. The Bertz CT molecular complexity index is 387. The summed E-state index contributed by atoms with van der Waals surface area (Å²) in [6.07, 6.45) is 0.0800. The molecule has 0 bridgehead atoms. The van der Waals surface area contributed by atoms with Crippen LogP contribution in [0.25, 0.3) is 0 Å². The maximum absolute atomic E-state index is 10.8. The molecule has 0 radical (unpaired) electrons. The molecule has 1 aromatic carbocycles. The Labute approximate surface area is 91.3 Å². The van der Waals surface area contributed by atoms with E-state index in [0.717, 1.165) is 0 Å². The molecule has 86 valence electrons. The molecule has 0 aromatic heterocycles. The number of rotatable bonds is 5. The van der Waals surface area contributed by atoms with Gasteiger partial charge in [0.05, 0.1) is 0 Å². The average molecular weight is 225 g/mol. The first kappa shape index (κ1) is 12.0. The van der Waals surface area contributed by atoms with Gasteiger partial charge in [-0.25, -0.2) is 0 Å². The van der Waals surface area contributed by atoms with E-state index in [-0.39, 0.29) is 12.2 Å². The summed E-state index contributed by atoms with van der Waals surface area (Å²) in [5, 5.41) is 28.1. The van der Waals surface area contributed by atoms with Crippen LogP contribution in [0.4, 0.5) is 0 Å². The fourth-order valence-electron chi connectivity index (χ4n) is 1.33. The Balaban J connectivity index is 2.71. The molecule has 0 aliphatic heterocycles. The largest absolute Gasteiger partial charge is 0.508 e. The van der Waals surface area contributed by atoms with E-state index in [1.54, 1.807) is 12.1 Å². The molecule has 0 heterocycles. The summed E-state index contributed by atoms with van der Waals surface area (Å²) >= 11 is 0. The lowest BCUT2D eigenvalue weighted by molar-refractivity contribution is -0.486. The SMILES string of the molecule is O=C(O)C(Cc1ccc(O)cc1)C[N+](=O)[O-]. The highest BCUT2D eigenvalue weighted by Crippen LogP contribution is 2.14. The number of hydrogen-bond donors (Lipinski definition) is 2. The van der Waals surface area contributed by atoms with Crippen molar-refractivity contribution in [2.24, 2.45) is 5.92 Å². The number of benzene rings is 1. The molecule has 2 N–H and O–H groups in total. The monoisotopic (exact) mass is 225 g/mol. The van der Waals surface area contributed by atoms with E-state index in [0.29, 0.717) is 5.56 Å². The molecule has 1 atom stereocenters. The minimum atomic E-state index is -1.19. The average Bonchev–Trinajstić information content (AvgIpc) is 2.19. The molecule has 0 aliphatic carbocycles. The van der Waals surface area contributed by atoms with Gasteiger partial charge in [0.15, 0.2) is 0 Å². The summed E-state index contributed by atoms with van der Waals surface area (Å²) in [4.78, 5) is 20.4. The van der Waals surface area contributed by atoms with Crippen molar-refractivity contribution in [1.29, 1.82) is 0 Å². The summed E-state index contributed by atoms with van der Waals surface area (Å²) in [6, 6.07) is 5.93. The molecule has 1 aromatic rings. The van der Waals surface area contributed by atoms with Crippen LogP contribution in [0.2, 0.25) is 0 Å². The van der Waals surface area contributed by atoms with Crippen molar-refractivity contribution in [3.8, 4) is 5.75 Å². The first-order chi connectivity index (χ1) is 7.49. The topological polar surface area (TPSA) is 101 Å². The van der Waals surface area contributed by atoms with Crippen LogP contribution in [0.3, 0.4) is 0 Å². The van der Waals surface area contributed by atoms with E-state index in [1.165, 1.54) is 12.1 Å². The summed E-state index contributed by atoms with van der Waals surface area (Å²) in [6.45, 7) is -0.601. The lowest BCUT2D eigenvalue weighted by Crippen LogP contribution is -2.24. The maximum Gasteiger partial charge on any atom is 0.313 e. The zero-order valence-corrected chi connectivity index (χ0v) is 8.37. The quantitative estimate of drug-likeness (QED) is 0.573. The van der Waals surface area contributed by atoms with Gasteiger partial charge in [-0.2, -0.15) is 0 Å². The Morgan fingerprint density at radius 3 is 2.38 bits per heavy atom. The van der Waals surface area contributed by atoms with Crippen molar-refractivity contribution in [1.82, 2.24) is 0 Å². The molecule has 0 amide bonds. The van der Waals surface area contributed by atoms with Crippen molar-refractivity contribution < 1.29 is 19.9 Å². The van der Waals surface area contributed by atoms with Crippen molar-refractivity contribution in [3.05, 3.63) is 39.9 Å². The number of carboxylic acid groups (broad SMARTS) is 1. The summed E-state index contributed by atoms with van der Waals surface area (Å²) < 4.78 is 0. The molecular weight excluding hydrogens is 214 g/mol. The molecule has 1 unspecified atom stereocenters. The highest BCUT2D eigenvalue weighted by Gasteiger charge is 2.23. The molecule has 0 saturated heterocycles. The van der Waals surface area contributed by atoms with Gasteiger partial charge in [-0.15, -0.1) is 0 Å². The van der Waals surface area contributed by atoms with Crippen LogP contribution in [-0.4, -0.2) is 27.7 Å². The number of nitro groups is 1. The Morgan fingerprint density at radius 2 is 1.94 bits per heavy atom. The predicted octanol–water partition coefficient (Wildman–Crippen LogP) is 0.912. The molecular formula is C10H11NO5. The molecule has 6 nitrogen and oxygen atoms in total. The lowest BCUT2D eigenvalue weighted by Gasteiger charge is -2.07. The van der Waals surface area contributed by atoms with Gasteiger partial charge in [-0.05, 0) is 24.1 Å². The second-order valence-corrected chi connectivity index (χ2v) is 3.42. The summed E-state index contributed by atoms with van der Waals surface area (Å²) in [5.41, 5.74) is 0.645. The normalized spacial score (nSPS) is 12.0. The summed E-state index contributed by atoms with van der Waals surface area (Å²) in [5.74, 6) is -2.16. The molecule has 0 saturated carbocycles. The van der Waals surface area contributed by atoms with Crippen LogP contribution in [0.15, 0.2) is 24.3 Å². The zero-order chi connectivity index (χ0) is 12.1. The summed E-state index contributed by atoms with van der Waals surface area (Å²) in [7, 11) is 0. The first-order valence-electron chi connectivity index (χ1n) is 4.61. The molecule has 0 aliphatic rings. The molecule has 16 heavy (non-hydrogen) atoms. The zero-order valence-electron chi connectivity index (χ0n) is 8.37. The van der Waals surface area contributed by atoms with E-state index in [2.05, 4.69) is 0 Å². The van der Waals surface area contributed by atoms with Crippen LogP contribution >= 0.6 is 0 Å². The first-order valence-corrected chi connectivity index (χ1v) is 4.61. The second-order valence-electron chi connectivity index (χ2n) is 3.42. The van der Waals surface area contributed by atoms with Crippen molar-refractivity contribution >= 4 is 5.97 Å². The van der Waals surface area contributed by atoms with E-state index in [9.17, 15) is 14.9 Å². The van der Waals surface area contributed by atoms with Gasteiger partial charge in [0.25, 0.3) is 0 Å². The van der Waals surface area contributed by atoms with E-state index >= 15 is 0 Å². The van der Waals surface area contributed by atoms with Crippen molar-refractivity contribution in [2.75, 3.05) is 6.54 Å². The third kappa shape index (κ3) is 3.56. The van der Waals surface area contributed by atoms with Gasteiger partial charge in [0.1, 0.15) is 11.7 Å². The highest BCUT2D eigenvalue weighted by atomic mass is 16.6. The fraction of sp³-hybridized carbons (Fsp3) is 0.300. The van der Waals surface area contributed by atoms with Gasteiger partial charge in [-0.3, -0.25) is 14.9 Å². The number of aliphatic carboxylic acids is 1. The van der Waals surface area contributed by atoms with Crippen LogP contribution < -0.4 is 0 Å². The Kier molecular flexibility index (Phi) is 3.82. The van der Waals surface area contributed by atoms with Gasteiger partial charge in [-0.1, -0.05) is 12.1 Å². The van der Waals surface area contributed by atoms with E-state index in [1.807, 2.05) is 0 Å². The van der Waals surface area contributed by atoms with Crippen LogP contribution in [0.5, 0.6) is 5.75 Å². The van der Waals surface area contributed by atoms with E-state index in [4.69, 9.17) is 10.2 Å². The molecule has 6 heteroatoms. The van der Waals surface area contributed by atoms with Crippen LogP contribution in [0, 0.1) is 16.0 Å². The third-order valence-electron chi connectivity index (χ3n) is 2.14. The Hall–Kier alpha value is -2.11. The van der Waals surface area contributed by atoms with E-state index < -0.39 is 23.4 Å². The van der Waals surface area contributed by atoms with Crippen LogP contribution in [0.1, 0.15) is 5.56 Å². The minimum Gasteiger partial charge on any atom is -0.508 e. The number of nitrogens with zero attached hydrogens (tertiary/aromatic N) is 1. The number of phenolic OH excluding ortho intramolecular Hbond substituents is 1. The minimum absolute atomic E-state index is 0.0740. The number of hydrogen-bond acceptors (Lipinski definition) is 4. The van der Waals surface area contributed by atoms with Crippen molar-refractivity contribution in [3.63, 3.8) is 0 Å². The Morgan fingerprint density at radius 1 is 1.38 bits per heavy atom. The molecule has 1 rings (SSSR count). The smallest absolute Gasteiger partial charge is 0.313 e. The predicted molar refractivity (Wildman–Crippen MR) is 54.8 cm³/mol. The van der Waals surface area contributed by atoms with Gasteiger partial charge in [0, 0.05) is 4.92 Å². The van der Waals surface area contributed by atoms with Gasteiger partial charge in [0.2, 0.25) is 6.54 Å². The molecule has 0 fully saturated rings. The second kappa shape index (κ2) is 5.11. The fourth-order valence-corrected chi connectivity index (χ4v) is 1.33. The maximum atomic E-state index is 10.8. The lowest BCUT2D eigenvalue weighted by atomic mass is 9.99. The standard InChI is InChI=1S/C10H11NO5/c12-9-3-1-7(2-4-9)5-8(10(13)14)6-11(15)16/h1-4,8,12H,5-6H2,(H,13,14). The highest BCUT2D eigenvalue weighted by molar-refractivity contribution is 5.70. The third-order valence-corrected chi connectivity index (χ3v) is 2.14. The van der Waals surface area contributed by atoms with Crippen LogP contribution in [-0.2, 0) is 11.2 Å². The molecule has 0 spiro atoms. The number of carbonyl (C=O) groups is 1. The number of carboxylic acids is 1. The van der Waals surface area contributed by atoms with Gasteiger partial charge >= 0.3 is 5.97 Å². The number of phenols is 1. The van der Waals surface area contributed by atoms with Crippen molar-refractivity contribution in [2.45, 2.75) is 6.42 Å².